The molecule has 2 atom stereocenters. The fourth-order valence-corrected chi connectivity index (χ4v) is 2.48. The fourth-order valence-electron chi connectivity index (χ4n) is 2.48. The van der Waals surface area contributed by atoms with Crippen molar-refractivity contribution in [2.24, 2.45) is 5.92 Å². The van der Waals surface area contributed by atoms with Crippen molar-refractivity contribution >= 4 is 18.2 Å². The van der Waals surface area contributed by atoms with Gasteiger partial charge in [0.05, 0.1) is 12.5 Å². The van der Waals surface area contributed by atoms with Crippen LogP contribution in [0.1, 0.15) is 37.8 Å². The maximum absolute atomic E-state index is 12.7. The lowest BCUT2D eigenvalue weighted by atomic mass is 9.99. The molecule has 7 heteroatoms. The molecule has 0 radical (unpaired) electrons. The van der Waals surface area contributed by atoms with Gasteiger partial charge in [-0.15, -0.1) is 0 Å². The highest BCUT2D eigenvalue weighted by molar-refractivity contribution is 5.89. The average molecular weight is 349 g/mol. The second-order valence-electron chi connectivity index (χ2n) is 6.15. The van der Waals surface area contributed by atoms with E-state index in [0.29, 0.717) is 17.0 Å². The first-order chi connectivity index (χ1) is 11.9. The molecule has 138 valence electrons. The largest absolute Gasteiger partial charge is 0.347 e. The zero-order valence-electron chi connectivity index (χ0n) is 15.0. The number of nitrogens with zero attached hydrogens (tertiary/aromatic N) is 2. The van der Waals surface area contributed by atoms with Gasteiger partial charge in [-0.05, 0) is 12.0 Å². The summed E-state index contributed by atoms with van der Waals surface area (Å²) in [7, 11) is 3.25. The fraction of sp³-hybridized carbons (Fsp3) is 0.500. The molecular weight excluding hydrogens is 322 g/mol. The number of carbonyl (C=O) groups excluding carboxylic acids is 3. The number of hydrogen-bond acceptors (Lipinski definition) is 4. The van der Waals surface area contributed by atoms with Gasteiger partial charge < -0.3 is 10.2 Å². The normalized spacial score (nSPS) is 12.8. The van der Waals surface area contributed by atoms with Gasteiger partial charge in [0.25, 0.3) is 0 Å². The third-order valence-corrected chi connectivity index (χ3v) is 3.91. The lowest BCUT2D eigenvalue weighted by Gasteiger charge is -2.25. The Morgan fingerprint density at radius 2 is 1.88 bits per heavy atom. The van der Waals surface area contributed by atoms with Crippen LogP contribution in [0.4, 0.5) is 0 Å². The minimum Gasteiger partial charge on any atom is -0.347 e. The van der Waals surface area contributed by atoms with E-state index in [1.165, 1.54) is 4.90 Å². The van der Waals surface area contributed by atoms with Crippen LogP contribution in [0.2, 0.25) is 0 Å². The lowest BCUT2D eigenvalue weighted by molar-refractivity contribution is -0.155. The molecule has 7 nitrogen and oxygen atoms in total. The summed E-state index contributed by atoms with van der Waals surface area (Å²) in [6.07, 6.45) is 2.45. The Kier molecular flexibility index (Phi) is 8.63. The number of nitrogens with one attached hydrogen (secondary N) is 1. The highest BCUT2D eigenvalue weighted by atomic mass is 16.5. The van der Waals surface area contributed by atoms with E-state index >= 15 is 0 Å². The van der Waals surface area contributed by atoms with Gasteiger partial charge in [-0.3, -0.25) is 19.6 Å². The Bertz CT molecular complexity index is 563. The second-order valence-corrected chi connectivity index (χ2v) is 6.15. The van der Waals surface area contributed by atoms with Crippen molar-refractivity contribution < 1.29 is 19.6 Å². The third kappa shape index (κ3) is 6.54. The van der Waals surface area contributed by atoms with Crippen molar-refractivity contribution in [3.8, 4) is 0 Å². The monoisotopic (exact) mass is 349 g/mol. The van der Waals surface area contributed by atoms with Gasteiger partial charge in [-0.25, -0.2) is 5.06 Å². The van der Waals surface area contributed by atoms with E-state index in [1.54, 1.807) is 38.4 Å². The van der Waals surface area contributed by atoms with Crippen molar-refractivity contribution in [1.82, 2.24) is 15.3 Å². The summed E-state index contributed by atoms with van der Waals surface area (Å²) in [6, 6.07) is 8.17. The highest BCUT2D eigenvalue weighted by Crippen LogP contribution is 2.17. The Morgan fingerprint density at radius 1 is 1.24 bits per heavy atom. The molecule has 0 aliphatic rings. The van der Waals surface area contributed by atoms with Gasteiger partial charge >= 0.3 is 0 Å². The van der Waals surface area contributed by atoms with Crippen molar-refractivity contribution in [2.45, 2.75) is 32.2 Å². The summed E-state index contributed by atoms with van der Waals surface area (Å²) in [5.41, 5.74) is 0.681. The summed E-state index contributed by atoms with van der Waals surface area (Å²) < 4.78 is 0. The third-order valence-electron chi connectivity index (χ3n) is 3.91. The van der Waals surface area contributed by atoms with Crippen LogP contribution in [0.25, 0.3) is 0 Å². The SMILES string of the molecule is CCCCC(CN(O)C=O)C(=O)NC(C(=O)N(C)C)c1ccccc1. The number of carbonyl (C=O) groups is 3. The van der Waals surface area contributed by atoms with Crippen LogP contribution in [0.3, 0.4) is 0 Å². The molecule has 0 heterocycles. The molecule has 3 amide bonds. The smallest absolute Gasteiger partial charge is 0.249 e. The Morgan fingerprint density at radius 3 is 2.40 bits per heavy atom. The zero-order chi connectivity index (χ0) is 18.8. The Balaban J connectivity index is 2.96. The summed E-state index contributed by atoms with van der Waals surface area (Å²) in [5, 5.41) is 12.7. The van der Waals surface area contributed by atoms with Gasteiger partial charge in [0.15, 0.2) is 0 Å². The average Bonchev–Trinajstić information content (AvgIpc) is 2.62. The number of unbranched alkanes of at least 4 members (excludes halogenated alkanes) is 1. The molecule has 0 fully saturated rings. The number of hydrogen-bond donors (Lipinski definition) is 2. The van der Waals surface area contributed by atoms with E-state index in [2.05, 4.69) is 5.32 Å². The topological polar surface area (TPSA) is 90.0 Å². The zero-order valence-corrected chi connectivity index (χ0v) is 15.0. The maximum atomic E-state index is 12.7. The number of likely N-dealkylation sites (N-methyl/N-ethyl adjacent to an activating group) is 1. The van der Waals surface area contributed by atoms with Crippen LogP contribution < -0.4 is 5.32 Å². The molecule has 25 heavy (non-hydrogen) atoms. The minimum atomic E-state index is -0.809. The van der Waals surface area contributed by atoms with Crippen LogP contribution in [0.5, 0.6) is 0 Å². The molecule has 0 spiro atoms. The number of benzene rings is 1. The maximum Gasteiger partial charge on any atom is 0.249 e. The van der Waals surface area contributed by atoms with Crippen LogP contribution in [0.15, 0.2) is 30.3 Å². The van der Waals surface area contributed by atoms with Gasteiger partial charge in [0, 0.05) is 14.1 Å². The van der Waals surface area contributed by atoms with Crippen molar-refractivity contribution in [3.05, 3.63) is 35.9 Å². The summed E-state index contributed by atoms with van der Waals surface area (Å²) in [6.45, 7) is 1.89. The van der Waals surface area contributed by atoms with E-state index in [4.69, 9.17) is 0 Å². The molecule has 0 aromatic heterocycles. The molecule has 2 N–H and O–H groups in total. The molecule has 1 aromatic carbocycles. The predicted octanol–water partition coefficient (Wildman–Crippen LogP) is 1.59. The van der Waals surface area contributed by atoms with Crippen LogP contribution in [-0.4, -0.2) is 54.0 Å². The van der Waals surface area contributed by atoms with E-state index in [1.807, 2.05) is 13.0 Å². The van der Waals surface area contributed by atoms with E-state index < -0.39 is 12.0 Å². The second kappa shape index (κ2) is 10.5. The van der Waals surface area contributed by atoms with Crippen molar-refractivity contribution in [2.75, 3.05) is 20.6 Å². The molecule has 2 unspecified atom stereocenters. The summed E-state index contributed by atoms with van der Waals surface area (Å²) in [5.74, 6) is -1.19. The molecule has 1 rings (SSSR count). The molecule has 0 bridgehead atoms. The van der Waals surface area contributed by atoms with Gasteiger partial charge in [-0.2, -0.15) is 0 Å². The molecule has 0 aliphatic heterocycles. The molecule has 0 aliphatic carbocycles. The van der Waals surface area contributed by atoms with Crippen LogP contribution in [0, 0.1) is 5.92 Å². The quantitative estimate of drug-likeness (QED) is 0.381. The summed E-state index contributed by atoms with van der Waals surface area (Å²) >= 11 is 0. The highest BCUT2D eigenvalue weighted by Gasteiger charge is 2.28. The first kappa shape index (κ1) is 20.6. The van der Waals surface area contributed by atoms with E-state index in [9.17, 15) is 19.6 Å². The van der Waals surface area contributed by atoms with Crippen LogP contribution in [-0.2, 0) is 14.4 Å². The Labute approximate surface area is 148 Å². The first-order valence-corrected chi connectivity index (χ1v) is 8.38. The minimum absolute atomic E-state index is 0.104. The molecule has 0 saturated carbocycles. The predicted molar refractivity (Wildman–Crippen MR) is 93.6 cm³/mol. The van der Waals surface area contributed by atoms with Crippen molar-refractivity contribution in [3.63, 3.8) is 0 Å². The summed E-state index contributed by atoms with van der Waals surface area (Å²) in [4.78, 5) is 37.2. The van der Waals surface area contributed by atoms with Gasteiger partial charge in [-0.1, -0.05) is 50.1 Å². The standard InChI is InChI=1S/C18H27N3O4/c1-4-5-9-15(12-21(25)13-22)17(23)19-16(18(24)20(2)3)14-10-7-6-8-11-14/h6-8,10-11,13,15-16,25H,4-5,9,12H2,1-3H3,(H,19,23). The van der Waals surface area contributed by atoms with E-state index in [-0.39, 0.29) is 24.8 Å². The van der Waals surface area contributed by atoms with Crippen LogP contribution >= 0.6 is 0 Å². The molecular formula is C18H27N3O4. The number of hydroxylamine groups is 2. The molecule has 1 aromatic rings. The van der Waals surface area contributed by atoms with E-state index in [0.717, 1.165) is 12.8 Å². The Hall–Kier alpha value is -2.41. The molecule has 0 saturated heterocycles. The van der Waals surface area contributed by atoms with Crippen molar-refractivity contribution in [1.29, 1.82) is 0 Å². The first-order valence-electron chi connectivity index (χ1n) is 8.38. The van der Waals surface area contributed by atoms with Gasteiger partial charge in [0.1, 0.15) is 6.04 Å². The lowest BCUT2D eigenvalue weighted by Crippen LogP contribution is -2.44. The number of amides is 3. The number of rotatable bonds is 10. The van der Waals surface area contributed by atoms with Gasteiger partial charge in [0.2, 0.25) is 18.2 Å².